The summed E-state index contributed by atoms with van der Waals surface area (Å²) in [6, 6.07) is 3.65. The Hall–Kier alpha value is -1.62. The molecule has 4 nitrogen and oxygen atoms in total. The quantitative estimate of drug-likeness (QED) is 0.369. The largest absolute Gasteiger partial charge is 0.493 e. The first-order valence-corrected chi connectivity index (χ1v) is 9.79. The minimum absolute atomic E-state index is 0.0716. The number of hydrogen-bond donors (Lipinski definition) is 0. The van der Waals surface area contributed by atoms with Crippen LogP contribution in [-0.2, 0) is 4.79 Å². The lowest BCUT2D eigenvalue weighted by molar-refractivity contribution is -0.107. The summed E-state index contributed by atoms with van der Waals surface area (Å²) in [5, 5.41) is 0.0716. The van der Waals surface area contributed by atoms with Crippen LogP contribution < -0.4 is 14.2 Å². The molecule has 25 heavy (non-hydrogen) atoms. The highest BCUT2D eigenvalue weighted by molar-refractivity contribution is 8.14. The number of hydrogen-bond acceptors (Lipinski definition) is 5. The summed E-state index contributed by atoms with van der Waals surface area (Å²) in [4.78, 5) is 12.0. The summed E-state index contributed by atoms with van der Waals surface area (Å²) in [6.45, 7) is 2.22. The van der Waals surface area contributed by atoms with Crippen molar-refractivity contribution in [2.75, 3.05) is 27.1 Å². The average Bonchev–Trinajstić information content (AvgIpc) is 2.64. The summed E-state index contributed by atoms with van der Waals surface area (Å²) in [5.41, 5.74) is 0.836. The number of carbonyl (C=O) groups excluding carboxylic acids is 1. The fraction of sp³-hybridized carbons (Fsp3) is 0.550. The van der Waals surface area contributed by atoms with E-state index in [-0.39, 0.29) is 5.12 Å². The average molecular weight is 367 g/mol. The lowest BCUT2D eigenvalue weighted by atomic mass is 10.1. The molecule has 0 unspecified atom stereocenters. The van der Waals surface area contributed by atoms with Crippen LogP contribution in [0.2, 0.25) is 0 Å². The third-order valence-electron chi connectivity index (χ3n) is 3.84. The second-order valence-electron chi connectivity index (χ2n) is 5.73. The molecule has 0 aliphatic carbocycles. The minimum Gasteiger partial charge on any atom is -0.493 e. The van der Waals surface area contributed by atoms with Crippen LogP contribution in [0.5, 0.6) is 17.2 Å². The minimum atomic E-state index is 0.0716. The van der Waals surface area contributed by atoms with Crippen LogP contribution in [0.25, 0.3) is 6.08 Å². The first kappa shape index (κ1) is 21.4. The lowest BCUT2D eigenvalue weighted by Crippen LogP contribution is -1.95. The zero-order chi connectivity index (χ0) is 18.5. The van der Waals surface area contributed by atoms with Crippen LogP contribution in [0.1, 0.15) is 51.0 Å². The Labute approximate surface area is 155 Å². The maximum absolute atomic E-state index is 12.0. The monoisotopic (exact) mass is 366 g/mol. The highest BCUT2D eigenvalue weighted by Crippen LogP contribution is 2.38. The fourth-order valence-electron chi connectivity index (χ4n) is 2.47. The Kier molecular flexibility index (Phi) is 10.9. The number of thioether (sulfide) groups is 1. The van der Waals surface area contributed by atoms with Crippen molar-refractivity contribution < 1.29 is 19.0 Å². The number of methoxy groups -OCH3 is 3. The number of carbonyl (C=O) groups is 1. The van der Waals surface area contributed by atoms with Gasteiger partial charge in [0.15, 0.2) is 11.5 Å². The Balaban J connectivity index is 2.50. The molecule has 0 heterocycles. The van der Waals surface area contributed by atoms with Crippen molar-refractivity contribution in [3.8, 4) is 17.2 Å². The Bertz CT molecular complexity index is 530. The predicted molar refractivity (Wildman–Crippen MR) is 106 cm³/mol. The number of benzene rings is 1. The van der Waals surface area contributed by atoms with Gasteiger partial charge in [-0.2, -0.15) is 0 Å². The van der Waals surface area contributed by atoms with Gasteiger partial charge in [-0.05, 0) is 30.2 Å². The van der Waals surface area contributed by atoms with Gasteiger partial charge in [0.1, 0.15) is 0 Å². The number of rotatable bonds is 12. The van der Waals surface area contributed by atoms with E-state index in [0.29, 0.717) is 17.2 Å². The highest BCUT2D eigenvalue weighted by Gasteiger charge is 2.12. The van der Waals surface area contributed by atoms with E-state index in [1.54, 1.807) is 33.5 Å². The molecule has 0 atom stereocenters. The smallest absolute Gasteiger partial charge is 0.212 e. The molecule has 0 N–H and O–H groups in total. The zero-order valence-electron chi connectivity index (χ0n) is 15.8. The first-order chi connectivity index (χ1) is 12.2. The van der Waals surface area contributed by atoms with Crippen molar-refractivity contribution >= 4 is 23.0 Å². The summed E-state index contributed by atoms with van der Waals surface area (Å²) >= 11 is 1.37. The van der Waals surface area contributed by atoms with E-state index in [1.165, 1.54) is 43.9 Å². The molecule has 0 fully saturated rings. The topological polar surface area (TPSA) is 44.8 Å². The lowest BCUT2D eigenvalue weighted by Gasteiger charge is -2.12. The van der Waals surface area contributed by atoms with Crippen molar-refractivity contribution in [3.05, 3.63) is 23.8 Å². The molecule has 0 aliphatic rings. The van der Waals surface area contributed by atoms with Gasteiger partial charge in [0.05, 0.1) is 21.3 Å². The van der Waals surface area contributed by atoms with Gasteiger partial charge in [-0.25, -0.2) is 0 Å². The molecule has 5 heteroatoms. The second-order valence-corrected chi connectivity index (χ2v) is 6.83. The van der Waals surface area contributed by atoms with Gasteiger partial charge in [-0.3, -0.25) is 4.79 Å². The number of unbranched alkanes of at least 4 members (excludes halogenated alkanes) is 5. The second kappa shape index (κ2) is 12.7. The maximum atomic E-state index is 12.0. The fourth-order valence-corrected chi connectivity index (χ4v) is 3.18. The van der Waals surface area contributed by atoms with E-state index in [9.17, 15) is 4.79 Å². The molecule has 0 radical (unpaired) electrons. The van der Waals surface area contributed by atoms with Gasteiger partial charge in [0, 0.05) is 5.75 Å². The Morgan fingerprint density at radius 2 is 1.56 bits per heavy atom. The Morgan fingerprint density at radius 3 is 2.12 bits per heavy atom. The van der Waals surface area contributed by atoms with E-state index in [1.807, 2.05) is 12.1 Å². The van der Waals surface area contributed by atoms with Gasteiger partial charge in [-0.1, -0.05) is 56.9 Å². The van der Waals surface area contributed by atoms with Crippen molar-refractivity contribution in [1.82, 2.24) is 0 Å². The van der Waals surface area contributed by atoms with Gasteiger partial charge >= 0.3 is 0 Å². The molecule has 140 valence electrons. The molecule has 1 rings (SSSR count). The summed E-state index contributed by atoms with van der Waals surface area (Å²) < 4.78 is 15.9. The molecule has 0 saturated heterocycles. The SMILES string of the molecule is CCCCCCCCSC(=O)/C=C/c1cc(OC)c(OC)c(OC)c1. The predicted octanol–water partition coefficient (Wildman–Crippen LogP) is 5.35. The number of ether oxygens (including phenoxy) is 3. The van der Waals surface area contributed by atoms with Crippen LogP contribution in [-0.4, -0.2) is 32.2 Å². The van der Waals surface area contributed by atoms with E-state index in [2.05, 4.69) is 6.92 Å². The van der Waals surface area contributed by atoms with E-state index < -0.39 is 0 Å². The van der Waals surface area contributed by atoms with Crippen LogP contribution in [0.15, 0.2) is 18.2 Å². The third-order valence-corrected chi connectivity index (χ3v) is 4.75. The molecule has 0 bridgehead atoms. The van der Waals surface area contributed by atoms with E-state index in [4.69, 9.17) is 14.2 Å². The van der Waals surface area contributed by atoms with Crippen molar-refractivity contribution in [2.24, 2.45) is 0 Å². The molecule has 0 saturated carbocycles. The maximum Gasteiger partial charge on any atom is 0.212 e. The molecule has 1 aromatic carbocycles. The van der Waals surface area contributed by atoms with Gasteiger partial charge < -0.3 is 14.2 Å². The van der Waals surface area contributed by atoms with E-state index >= 15 is 0 Å². The van der Waals surface area contributed by atoms with E-state index in [0.717, 1.165) is 17.7 Å². The van der Waals surface area contributed by atoms with Crippen LogP contribution in [0.3, 0.4) is 0 Å². The van der Waals surface area contributed by atoms with Gasteiger partial charge in [0.2, 0.25) is 10.9 Å². The zero-order valence-corrected chi connectivity index (χ0v) is 16.6. The molecule has 0 spiro atoms. The van der Waals surface area contributed by atoms with Gasteiger partial charge in [0.25, 0.3) is 0 Å². The van der Waals surface area contributed by atoms with Crippen LogP contribution in [0, 0.1) is 0 Å². The molecule has 0 aliphatic heterocycles. The molecule has 1 aromatic rings. The normalized spacial score (nSPS) is 10.9. The van der Waals surface area contributed by atoms with Crippen molar-refractivity contribution in [1.29, 1.82) is 0 Å². The molecule has 0 aromatic heterocycles. The van der Waals surface area contributed by atoms with Crippen molar-refractivity contribution in [2.45, 2.75) is 45.4 Å². The summed E-state index contributed by atoms with van der Waals surface area (Å²) in [6.07, 6.45) is 10.8. The first-order valence-electron chi connectivity index (χ1n) is 8.81. The highest BCUT2D eigenvalue weighted by atomic mass is 32.2. The van der Waals surface area contributed by atoms with Crippen molar-refractivity contribution in [3.63, 3.8) is 0 Å². The van der Waals surface area contributed by atoms with Crippen LogP contribution in [0.4, 0.5) is 0 Å². The molecular weight excluding hydrogens is 336 g/mol. The molecule has 0 amide bonds. The van der Waals surface area contributed by atoms with Gasteiger partial charge in [-0.15, -0.1) is 0 Å². The summed E-state index contributed by atoms with van der Waals surface area (Å²) in [5.74, 6) is 2.58. The Morgan fingerprint density at radius 1 is 0.960 bits per heavy atom. The molecular formula is C20H30O4S. The standard InChI is InChI=1S/C20H30O4S/c1-5-6-7-8-9-10-13-25-19(21)12-11-16-14-17(22-2)20(24-4)18(15-16)23-3/h11-12,14-15H,5-10,13H2,1-4H3/b12-11+. The third kappa shape index (κ3) is 7.86. The summed E-state index contributed by atoms with van der Waals surface area (Å²) in [7, 11) is 4.72. The van der Waals surface area contributed by atoms with Crippen LogP contribution >= 0.6 is 11.8 Å².